The maximum absolute atomic E-state index is 9.74. The molecule has 3 heterocycles. The van der Waals surface area contributed by atoms with Crippen LogP contribution in [-0.4, -0.2) is 30.7 Å². The molecule has 2 fully saturated rings. The van der Waals surface area contributed by atoms with E-state index < -0.39 is 0 Å². The summed E-state index contributed by atoms with van der Waals surface area (Å²) in [5.41, 5.74) is 5.73. The van der Waals surface area contributed by atoms with Gasteiger partial charge in [0.15, 0.2) is 5.11 Å². The number of nitrogens with one attached hydrogen (secondary N) is 1. The summed E-state index contributed by atoms with van der Waals surface area (Å²) in [6, 6.07) is 16.4. The second kappa shape index (κ2) is 8.58. The van der Waals surface area contributed by atoms with Crippen LogP contribution < -0.4 is 5.32 Å². The number of thiocarbonyl (C=S) groups is 1. The molecule has 32 heavy (non-hydrogen) atoms. The Bertz CT molecular complexity index is 1100. The highest BCUT2D eigenvalue weighted by Gasteiger charge is 2.44. The number of phenols is 1. The average Bonchev–Trinajstić information content (AvgIpc) is 3.31. The summed E-state index contributed by atoms with van der Waals surface area (Å²) < 4.78 is 2.27. The van der Waals surface area contributed by atoms with Crippen LogP contribution in [0.1, 0.15) is 66.8 Å². The molecule has 166 valence electrons. The molecule has 2 aromatic heterocycles. The van der Waals surface area contributed by atoms with Gasteiger partial charge in [-0.3, -0.25) is 4.98 Å². The highest BCUT2D eigenvalue weighted by Crippen LogP contribution is 2.44. The minimum absolute atomic E-state index is 0.0133. The van der Waals surface area contributed by atoms with Gasteiger partial charge >= 0.3 is 0 Å². The lowest BCUT2D eigenvalue weighted by Gasteiger charge is -2.37. The largest absolute Gasteiger partial charge is 0.508 e. The van der Waals surface area contributed by atoms with E-state index in [0.29, 0.717) is 6.04 Å². The van der Waals surface area contributed by atoms with Crippen molar-refractivity contribution >= 4 is 17.3 Å². The molecule has 5 rings (SSSR count). The zero-order valence-corrected chi connectivity index (χ0v) is 19.5. The van der Waals surface area contributed by atoms with Gasteiger partial charge in [0.05, 0.1) is 17.8 Å². The first kappa shape index (κ1) is 21.0. The van der Waals surface area contributed by atoms with E-state index in [4.69, 9.17) is 17.2 Å². The summed E-state index contributed by atoms with van der Waals surface area (Å²) in [4.78, 5) is 7.16. The van der Waals surface area contributed by atoms with Crippen molar-refractivity contribution in [2.24, 2.45) is 0 Å². The number of aromatic nitrogens is 2. The van der Waals surface area contributed by atoms with Crippen LogP contribution in [0.25, 0.3) is 5.69 Å². The van der Waals surface area contributed by atoms with Crippen molar-refractivity contribution < 1.29 is 5.11 Å². The molecule has 1 saturated heterocycles. The third kappa shape index (κ3) is 3.66. The predicted octanol–water partition coefficient (Wildman–Crippen LogP) is 5.50. The molecule has 1 aliphatic heterocycles. The highest BCUT2D eigenvalue weighted by molar-refractivity contribution is 7.80. The molecule has 0 spiro atoms. The van der Waals surface area contributed by atoms with Crippen molar-refractivity contribution in [2.45, 2.75) is 64.1 Å². The molecule has 3 aromatic rings. The number of nitrogens with zero attached hydrogens (tertiary/aromatic N) is 3. The van der Waals surface area contributed by atoms with Gasteiger partial charge in [-0.2, -0.15) is 0 Å². The summed E-state index contributed by atoms with van der Waals surface area (Å²) in [6.07, 6.45) is 8.07. The van der Waals surface area contributed by atoms with Gasteiger partial charge in [-0.15, -0.1) is 0 Å². The zero-order chi connectivity index (χ0) is 22.2. The lowest BCUT2D eigenvalue weighted by molar-refractivity contribution is 0.197. The third-order valence-electron chi connectivity index (χ3n) is 7.00. The van der Waals surface area contributed by atoms with E-state index in [2.05, 4.69) is 40.8 Å². The second-order valence-electron chi connectivity index (χ2n) is 9.00. The highest BCUT2D eigenvalue weighted by atomic mass is 32.1. The van der Waals surface area contributed by atoms with E-state index in [1.54, 1.807) is 12.1 Å². The van der Waals surface area contributed by atoms with E-state index in [1.807, 2.05) is 30.5 Å². The lowest BCUT2D eigenvalue weighted by atomic mass is 9.90. The Morgan fingerprint density at radius 2 is 1.78 bits per heavy atom. The van der Waals surface area contributed by atoms with Crippen LogP contribution in [0, 0.1) is 13.8 Å². The second-order valence-corrected chi connectivity index (χ2v) is 9.39. The molecule has 0 bridgehead atoms. The SMILES string of the molecule is Cc1cc([C@@H]2[C@H](c3ccccn3)NC(=S)N2C2CCCCC2)c(C)n1-c1ccc(O)cc1. The van der Waals surface area contributed by atoms with E-state index in [1.165, 1.54) is 49.1 Å². The molecule has 2 aliphatic rings. The fourth-order valence-electron chi connectivity index (χ4n) is 5.54. The first-order valence-corrected chi connectivity index (χ1v) is 11.9. The first-order valence-electron chi connectivity index (χ1n) is 11.5. The third-order valence-corrected chi connectivity index (χ3v) is 7.33. The van der Waals surface area contributed by atoms with Crippen LogP contribution in [0.3, 0.4) is 0 Å². The number of aryl methyl sites for hydroxylation is 1. The van der Waals surface area contributed by atoms with Crippen molar-refractivity contribution in [3.63, 3.8) is 0 Å². The average molecular weight is 447 g/mol. The van der Waals surface area contributed by atoms with Gasteiger partial charge in [-0.25, -0.2) is 0 Å². The Kier molecular flexibility index (Phi) is 5.64. The van der Waals surface area contributed by atoms with Crippen molar-refractivity contribution in [3.05, 3.63) is 77.4 Å². The molecular weight excluding hydrogens is 416 g/mol. The minimum atomic E-state index is 0.0133. The molecule has 0 amide bonds. The number of hydrogen-bond acceptors (Lipinski definition) is 3. The first-order chi connectivity index (χ1) is 15.5. The standard InChI is InChI=1S/C26H30N4OS/c1-17-16-22(18(2)29(17)20-11-13-21(31)14-12-20)25-24(23-10-6-7-15-27-23)28-26(32)30(25)19-8-4-3-5-9-19/h6-7,10-16,19,24-25,31H,3-5,8-9H2,1-2H3,(H,28,32)/t24-,25+/m0/s1. The quantitative estimate of drug-likeness (QED) is 0.518. The number of rotatable bonds is 4. The van der Waals surface area contributed by atoms with Gasteiger partial charge in [0, 0.05) is 29.3 Å². The van der Waals surface area contributed by atoms with Crippen molar-refractivity contribution in [1.82, 2.24) is 19.8 Å². The summed E-state index contributed by atoms with van der Waals surface area (Å²) in [7, 11) is 0. The number of pyridine rings is 1. The van der Waals surface area contributed by atoms with Crippen LogP contribution >= 0.6 is 12.2 Å². The summed E-state index contributed by atoms with van der Waals surface area (Å²) in [5.74, 6) is 0.278. The van der Waals surface area contributed by atoms with Crippen LogP contribution in [0.15, 0.2) is 54.7 Å². The fourth-order valence-corrected chi connectivity index (χ4v) is 5.93. The van der Waals surface area contributed by atoms with Crippen LogP contribution in [0.5, 0.6) is 5.75 Å². The zero-order valence-electron chi connectivity index (χ0n) is 18.7. The van der Waals surface area contributed by atoms with Crippen molar-refractivity contribution in [3.8, 4) is 11.4 Å². The van der Waals surface area contributed by atoms with Crippen molar-refractivity contribution in [2.75, 3.05) is 0 Å². The van der Waals surface area contributed by atoms with Gasteiger partial charge in [0.25, 0.3) is 0 Å². The number of aromatic hydroxyl groups is 1. The molecular formula is C26H30N4OS. The van der Waals surface area contributed by atoms with Gasteiger partial charge < -0.3 is 19.9 Å². The Morgan fingerprint density at radius 1 is 1.03 bits per heavy atom. The fraction of sp³-hybridized carbons (Fsp3) is 0.385. The lowest BCUT2D eigenvalue weighted by Crippen LogP contribution is -2.40. The summed E-state index contributed by atoms with van der Waals surface area (Å²) in [5, 5.41) is 14.2. The Morgan fingerprint density at radius 3 is 2.47 bits per heavy atom. The maximum Gasteiger partial charge on any atom is 0.170 e. The molecule has 1 aromatic carbocycles. The molecule has 1 aliphatic carbocycles. The normalized spacial score (nSPS) is 21.7. The number of phenolic OH excluding ortho intramolecular Hbond substituents is 1. The Balaban J connectivity index is 1.62. The molecule has 2 atom stereocenters. The summed E-state index contributed by atoms with van der Waals surface area (Å²) in [6.45, 7) is 4.33. The van der Waals surface area contributed by atoms with Crippen LogP contribution in [0.4, 0.5) is 0 Å². The smallest absolute Gasteiger partial charge is 0.170 e. The molecule has 2 N–H and O–H groups in total. The number of hydrogen-bond donors (Lipinski definition) is 2. The van der Waals surface area contributed by atoms with E-state index in [0.717, 1.165) is 16.5 Å². The predicted molar refractivity (Wildman–Crippen MR) is 131 cm³/mol. The van der Waals surface area contributed by atoms with Crippen molar-refractivity contribution in [1.29, 1.82) is 0 Å². The summed E-state index contributed by atoms with van der Waals surface area (Å²) >= 11 is 5.92. The Hall–Kier alpha value is -2.86. The van der Waals surface area contributed by atoms with Crippen LogP contribution in [-0.2, 0) is 0 Å². The van der Waals surface area contributed by atoms with Gasteiger partial charge in [0.2, 0.25) is 0 Å². The van der Waals surface area contributed by atoms with Gasteiger partial charge in [0.1, 0.15) is 5.75 Å². The van der Waals surface area contributed by atoms with E-state index >= 15 is 0 Å². The molecule has 1 saturated carbocycles. The van der Waals surface area contributed by atoms with E-state index in [9.17, 15) is 5.11 Å². The number of benzene rings is 1. The Labute approximate surface area is 195 Å². The van der Waals surface area contributed by atoms with Gasteiger partial charge in [-0.05, 0) is 86.9 Å². The van der Waals surface area contributed by atoms with Gasteiger partial charge in [-0.1, -0.05) is 25.3 Å². The molecule has 0 unspecified atom stereocenters. The molecule has 0 radical (unpaired) electrons. The van der Waals surface area contributed by atoms with Crippen LogP contribution in [0.2, 0.25) is 0 Å². The topological polar surface area (TPSA) is 53.3 Å². The maximum atomic E-state index is 9.74. The van der Waals surface area contributed by atoms with E-state index in [-0.39, 0.29) is 17.8 Å². The minimum Gasteiger partial charge on any atom is -0.508 e. The molecule has 5 nitrogen and oxygen atoms in total. The molecule has 6 heteroatoms. The monoisotopic (exact) mass is 446 g/mol.